The Labute approximate surface area is 128 Å². The molecule has 6 heteroatoms. The fraction of sp³-hybridized carbons (Fsp3) is 0.333. The largest absolute Gasteiger partial charge is 0.393 e. The number of nitrogen functional groups attached to an aromatic ring is 1. The van der Waals surface area contributed by atoms with Crippen molar-refractivity contribution < 1.29 is 4.92 Å². The highest BCUT2D eigenvalue weighted by Gasteiger charge is 2.14. The SMILES string of the molecule is CC(Cc1cccs1)N(C)Cc1ccc([N+](=O)[O-])c(N)c1. The molecule has 0 aliphatic heterocycles. The number of likely N-dealkylation sites (N-methyl/N-ethyl adjacent to an activating group) is 1. The Morgan fingerprint density at radius 2 is 2.19 bits per heavy atom. The van der Waals surface area contributed by atoms with Gasteiger partial charge in [0.15, 0.2) is 0 Å². The van der Waals surface area contributed by atoms with E-state index in [1.807, 2.05) is 0 Å². The van der Waals surface area contributed by atoms with Gasteiger partial charge in [0.25, 0.3) is 5.69 Å². The van der Waals surface area contributed by atoms with E-state index in [0.29, 0.717) is 6.04 Å². The average molecular weight is 305 g/mol. The lowest BCUT2D eigenvalue weighted by molar-refractivity contribution is -0.383. The van der Waals surface area contributed by atoms with Gasteiger partial charge in [-0.2, -0.15) is 0 Å². The normalized spacial score (nSPS) is 12.5. The van der Waals surface area contributed by atoms with Gasteiger partial charge in [0.1, 0.15) is 5.69 Å². The number of thiophene rings is 1. The lowest BCUT2D eigenvalue weighted by Gasteiger charge is -2.24. The van der Waals surface area contributed by atoms with Crippen LogP contribution < -0.4 is 5.73 Å². The smallest absolute Gasteiger partial charge is 0.292 e. The first-order valence-electron chi connectivity index (χ1n) is 6.72. The van der Waals surface area contributed by atoms with Gasteiger partial charge in [0.2, 0.25) is 0 Å². The van der Waals surface area contributed by atoms with Crippen molar-refractivity contribution in [3.63, 3.8) is 0 Å². The molecule has 112 valence electrons. The molecule has 1 aromatic carbocycles. The highest BCUT2D eigenvalue weighted by Crippen LogP contribution is 2.23. The van der Waals surface area contributed by atoms with Crippen LogP contribution in [0.25, 0.3) is 0 Å². The Hall–Kier alpha value is -1.92. The minimum atomic E-state index is -0.456. The van der Waals surface area contributed by atoms with Crippen LogP contribution in [-0.2, 0) is 13.0 Å². The van der Waals surface area contributed by atoms with Gasteiger partial charge in [-0.05, 0) is 43.5 Å². The minimum absolute atomic E-state index is 0.0342. The molecule has 0 fully saturated rings. The summed E-state index contributed by atoms with van der Waals surface area (Å²) in [6.45, 7) is 2.89. The summed E-state index contributed by atoms with van der Waals surface area (Å²) in [6.07, 6.45) is 0.997. The summed E-state index contributed by atoms with van der Waals surface area (Å²) >= 11 is 1.76. The van der Waals surface area contributed by atoms with Crippen molar-refractivity contribution in [2.75, 3.05) is 12.8 Å². The molecule has 0 bridgehead atoms. The second-order valence-electron chi connectivity index (χ2n) is 5.20. The van der Waals surface area contributed by atoms with Crippen LogP contribution in [0.1, 0.15) is 17.4 Å². The third-order valence-corrected chi connectivity index (χ3v) is 4.45. The van der Waals surface area contributed by atoms with Crippen molar-refractivity contribution in [3.8, 4) is 0 Å². The predicted octanol–water partition coefficient (Wildman–Crippen LogP) is 3.30. The summed E-state index contributed by atoms with van der Waals surface area (Å²) < 4.78 is 0. The van der Waals surface area contributed by atoms with Crippen LogP contribution in [0, 0.1) is 10.1 Å². The Morgan fingerprint density at radius 1 is 1.43 bits per heavy atom. The molecule has 0 radical (unpaired) electrons. The highest BCUT2D eigenvalue weighted by molar-refractivity contribution is 7.09. The maximum Gasteiger partial charge on any atom is 0.292 e. The highest BCUT2D eigenvalue weighted by atomic mass is 32.1. The van der Waals surface area contributed by atoms with E-state index in [1.54, 1.807) is 23.5 Å². The zero-order chi connectivity index (χ0) is 15.4. The van der Waals surface area contributed by atoms with E-state index >= 15 is 0 Å². The number of nitro benzene ring substituents is 1. The summed E-state index contributed by atoms with van der Waals surface area (Å²) in [7, 11) is 2.05. The topological polar surface area (TPSA) is 72.4 Å². The van der Waals surface area contributed by atoms with Crippen LogP contribution in [0.3, 0.4) is 0 Å². The minimum Gasteiger partial charge on any atom is -0.393 e. The predicted molar refractivity (Wildman–Crippen MR) is 86.5 cm³/mol. The van der Waals surface area contributed by atoms with E-state index < -0.39 is 4.92 Å². The third-order valence-electron chi connectivity index (χ3n) is 3.55. The Balaban J connectivity index is 2.00. The second-order valence-corrected chi connectivity index (χ2v) is 6.23. The maximum absolute atomic E-state index is 10.8. The summed E-state index contributed by atoms with van der Waals surface area (Å²) in [5, 5.41) is 12.8. The van der Waals surface area contributed by atoms with Crippen molar-refractivity contribution in [2.45, 2.75) is 25.9 Å². The molecule has 0 saturated heterocycles. The first-order chi connectivity index (χ1) is 9.97. The number of benzene rings is 1. The van der Waals surface area contributed by atoms with Crippen molar-refractivity contribution in [3.05, 3.63) is 56.3 Å². The maximum atomic E-state index is 10.8. The van der Waals surface area contributed by atoms with Gasteiger partial charge in [0.05, 0.1) is 4.92 Å². The van der Waals surface area contributed by atoms with E-state index in [4.69, 9.17) is 5.73 Å². The molecule has 2 N–H and O–H groups in total. The van der Waals surface area contributed by atoms with E-state index in [9.17, 15) is 10.1 Å². The molecule has 1 unspecified atom stereocenters. The molecule has 1 aromatic heterocycles. The van der Waals surface area contributed by atoms with Crippen LogP contribution in [-0.4, -0.2) is 22.9 Å². The van der Waals surface area contributed by atoms with E-state index in [1.165, 1.54) is 10.9 Å². The lowest BCUT2D eigenvalue weighted by Crippen LogP contribution is -2.30. The molecule has 1 atom stereocenters. The van der Waals surface area contributed by atoms with Crippen LogP contribution in [0.4, 0.5) is 11.4 Å². The zero-order valence-corrected chi connectivity index (χ0v) is 13.0. The van der Waals surface area contributed by atoms with Crippen LogP contribution in [0.5, 0.6) is 0 Å². The summed E-state index contributed by atoms with van der Waals surface area (Å²) in [6, 6.07) is 9.51. The molecule has 2 rings (SSSR count). The molecule has 5 nitrogen and oxygen atoms in total. The van der Waals surface area contributed by atoms with Crippen LogP contribution >= 0.6 is 11.3 Å². The average Bonchev–Trinajstić information content (AvgIpc) is 2.91. The fourth-order valence-electron chi connectivity index (χ4n) is 2.19. The molecule has 0 aliphatic rings. The molecule has 21 heavy (non-hydrogen) atoms. The summed E-state index contributed by atoms with van der Waals surface area (Å²) in [5.74, 6) is 0. The van der Waals surface area contributed by atoms with Crippen LogP contribution in [0.2, 0.25) is 0 Å². The summed E-state index contributed by atoms with van der Waals surface area (Å²) in [4.78, 5) is 13.9. The van der Waals surface area contributed by atoms with Gasteiger partial charge >= 0.3 is 0 Å². The molecule has 0 saturated carbocycles. The molecule has 1 heterocycles. The number of hydrogen-bond acceptors (Lipinski definition) is 5. The van der Waals surface area contributed by atoms with Crippen molar-refractivity contribution >= 4 is 22.7 Å². The van der Waals surface area contributed by atoms with Gasteiger partial charge in [-0.3, -0.25) is 15.0 Å². The Morgan fingerprint density at radius 3 is 2.76 bits per heavy atom. The van der Waals surface area contributed by atoms with Crippen molar-refractivity contribution in [1.82, 2.24) is 4.90 Å². The zero-order valence-electron chi connectivity index (χ0n) is 12.2. The number of rotatable bonds is 6. The van der Waals surface area contributed by atoms with Gasteiger partial charge in [-0.1, -0.05) is 12.1 Å². The van der Waals surface area contributed by atoms with Crippen molar-refractivity contribution in [1.29, 1.82) is 0 Å². The monoisotopic (exact) mass is 305 g/mol. The Bertz CT molecular complexity index is 613. The van der Waals surface area contributed by atoms with E-state index in [0.717, 1.165) is 18.5 Å². The standard InChI is InChI=1S/C15H19N3O2S/c1-11(8-13-4-3-7-21-13)17(2)10-12-5-6-15(18(19)20)14(16)9-12/h3-7,9,11H,8,10,16H2,1-2H3. The number of nitrogens with two attached hydrogens (primary N) is 1. The van der Waals surface area contributed by atoms with Gasteiger partial charge < -0.3 is 5.73 Å². The quantitative estimate of drug-likeness (QED) is 0.505. The number of anilines is 1. The molecular formula is C15H19N3O2S. The lowest BCUT2D eigenvalue weighted by atomic mass is 10.1. The van der Waals surface area contributed by atoms with E-state index in [2.05, 4.69) is 36.4 Å². The first kappa shape index (κ1) is 15.5. The van der Waals surface area contributed by atoms with Crippen molar-refractivity contribution in [2.24, 2.45) is 0 Å². The van der Waals surface area contributed by atoms with Gasteiger partial charge in [-0.15, -0.1) is 11.3 Å². The van der Waals surface area contributed by atoms with Gasteiger partial charge in [0, 0.05) is 23.5 Å². The number of hydrogen-bond donors (Lipinski definition) is 1. The molecule has 2 aromatic rings. The summed E-state index contributed by atoms with van der Waals surface area (Å²) in [5.41, 5.74) is 6.90. The number of nitro groups is 1. The fourth-order valence-corrected chi connectivity index (χ4v) is 3.01. The molecule has 0 spiro atoms. The third kappa shape index (κ3) is 4.03. The molecule has 0 aliphatic carbocycles. The molecular weight excluding hydrogens is 286 g/mol. The second kappa shape index (κ2) is 6.69. The Kier molecular flexibility index (Phi) is 4.93. The van der Waals surface area contributed by atoms with E-state index in [-0.39, 0.29) is 11.4 Å². The van der Waals surface area contributed by atoms with Gasteiger partial charge in [-0.25, -0.2) is 0 Å². The molecule has 0 amide bonds. The number of nitrogens with zero attached hydrogens (tertiary/aromatic N) is 2. The van der Waals surface area contributed by atoms with Crippen LogP contribution in [0.15, 0.2) is 35.7 Å². The first-order valence-corrected chi connectivity index (χ1v) is 7.60.